The van der Waals surface area contributed by atoms with E-state index in [4.69, 9.17) is 0 Å². The number of amides is 2. The van der Waals surface area contributed by atoms with E-state index in [2.05, 4.69) is 5.32 Å². The Kier molecular flexibility index (Phi) is 4.55. The van der Waals surface area contributed by atoms with Crippen molar-refractivity contribution in [2.75, 3.05) is 5.32 Å². The third-order valence-electron chi connectivity index (χ3n) is 4.82. The number of nitrogens with one attached hydrogen (secondary N) is 1. The molecule has 3 rings (SSSR count). The highest BCUT2D eigenvalue weighted by Crippen LogP contribution is 2.31. The van der Waals surface area contributed by atoms with E-state index in [1.807, 2.05) is 24.3 Å². The molecule has 0 spiro atoms. The molecule has 2 aliphatic rings. The smallest absolute Gasteiger partial charge is 0.326 e. The van der Waals surface area contributed by atoms with E-state index in [-0.39, 0.29) is 30.2 Å². The number of benzene rings is 1. The second-order valence-electron chi connectivity index (χ2n) is 6.63. The molecule has 2 atom stereocenters. The summed E-state index contributed by atoms with van der Waals surface area (Å²) in [5.74, 6) is -1.46. The predicted octanol–water partition coefficient (Wildman–Crippen LogP) is 2.04. The molecule has 1 aromatic carbocycles. The highest BCUT2D eigenvalue weighted by Gasteiger charge is 2.38. The van der Waals surface area contributed by atoms with Crippen LogP contribution in [0.4, 0.5) is 5.69 Å². The van der Waals surface area contributed by atoms with Gasteiger partial charge in [-0.25, -0.2) is 4.79 Å². The quantitative estimate of drug-likeness (QED) is 0.836. The Morgan fingerprint density at radius 2 is 2.04 bits per heavy atom. The van der Waals surface area contributed by atoms with Gasteiger partial charge in [-0.05, 0) is 44.2 Å². The third kappa shape index (κ3) is 3.42. The average molecular weight is 330 g/mol. The van der Waals surface area contributed by atoms with Crippen LogP contribution in [0.1, 0.15) is 38.2 Å². The van der Waals surface area contributed by atoms with Crippen molar-refractivity contribution in [3.63, 3.8) is 0 Å². The minimum atomic E-state index is -0.986. The molecular formula is C18H22N2O4. The van der Waals surface area contributed by atoms with Crippen LogP contribution in [0.2, 0.25) is 0 Å². The minimum absolute atomic E-state index is 0.0458. The molecule has 1 fully saturated rings. The second kappa shape index (κ2) is 6.63. The van der Waals surface area contributed by atoms with Gasteiger partial charge in [-0.15, -0.1) is 0 Å². The Hall–Kier alpha value is -2.37. The first-order chi connectivity index (χ1) is 11.5. The van der Waals surface area contributed by atoms with E-state index < -0.39 is 12.0 Å². The molecule has 0 radical (unpaired) electrons. The Labute approximate surface area is 140 Å². The largest absolute Gasteiger partial charge is 0.480 e. The zero-order valence-electron chi connectivity index (χ0n) is 13.7. The van der Waals surface area contributed by atoms with Crippen LogP contribution >= 0.6 is 0 Å². The first kappa shape index (κ1) is 16.5. The van der Waals surface area contributed by atoms with Crippen LogP contribution in [-0.4, -0.2) is 39.9 Å². The fourth-order valence-corrected chi connectivity index (χ4v) is 3.28. The molecule has 24 heavy (non-hydrogen) atoms. The fraction of sp³-hybridized carbons (Fsp3) is 0.500. The Morgan fingerprint density at radius 3 is 2.71 bits per heavy atom. The van der Waals surface area contributed by atoms with E-state index in [1.54, 1.807) is 6.92 Å². The van der Waals surface area contributed by atoms with Gasteiger partial charge >= 0.3 is 5.97 Å². The molecule has 2 N–H and O–H groups in total. The molecule has 1 aromatic rings. The monoisotopic (exact) mass is 330 g/mol. The number of para-hydroxylation sites is 1. The molecule has 1 heterocycles. The molecule has 128 valence electrons. The number of carboxylic acids is 1. The van der Waals surface area contributed by atoms with Crippen LogP contribution in [0, 0.1) is 5.92 Å². The number of fused-ring (bicyclic) bond motifs is 1. The maximum atomic E-state index is 12.5. The zero-order chi connectivity index (χ0) is 17.3. The molecule has 2 amide bonds. The van der Waals surface area contributed by atoms with Crippen LogP contribution in [0.25, 0.3) is 0 Å². The summed E-state index contributed by atoms with van der Waals surface area (Å²) in [6.07, 6.45) is 2.98. The number of nitrogens with zero attached hydrogens (tertiary/aromatic N) is 1. The van der Waals surface area contributed by atoms with Gasteiger partial charge in [-0.3, -0.25) is 9.59 Å². The molecular weight excluding hydrogens is 308 g/mol. The first-order valence-corrected chi connectivity index (χ1v) is 8.40. The van der Waals surface area contributed by atoms with Crippen LogP contribution < -0.4 is 5.32 Å². The summed E-state index contributed by atoms with van der Waals surface area (Å²) >= 11 is 0. The molecule has 0 bridgehead atoms. The number of carboxylic acid groups (broad SMARTS) is 1. The average Bonchev–Trinajstić information content (AvgIpc) is 3.37. The van der Waals surface area contributed by atoms with Crippen molar-refractivity contribution >= 4 is 23.5 Å². The van der Waals surface area contributed by atoms with Gasteiger partial charge in [0.05, 0.1) is 0 Å². The van der Waals surface area contributed by atoms with Gasteiger partial charge in [-0.2, -0.15) is 0 Å². The van der Waals surface area contributed by atoms with E-state index in [1.165, 1.54) is 4.90 Å². The predicted molar refractivity (Wildman–Crippen MR) is 88.5 cm³/mol. The molecule has 2 unspecified atom stereocenters. The fourth-order valence-electron chi connectivity index (χ4n) is 3.28. The second-order valence-corrected chi connectivity index (χ2v) is 6.63. The number of hydrogen-bond donors (Lipinski definition) is 2. The highest BCUT2D eigenvalue weighted by molar-refractivity contribution is 5.96. The maximum Gasteiger partial charge on any atom is 0.326 e. The van der Waals surface area contributed by atoms with Crippen LogP contribution in [-0.2, 0) is 20.8 Å². The van der Waals surface area contributed by atoms with Gasteiger partial charge in [0, 0.05) is 24.1 Å². The number of aliphatic carboxylic acids is 1. The summed E-state index contributed by atoms with van der Waals surface area (Å²) in [4.78, 5) is 37.4. The Morgan fingerprint density at radius 1 is 1.33 bits per heavy atom. The van der Waals surface area contributed by atoms with Crippen LogP contribution in [0.5, 0.6) is 0 Å². The van der Waals surface area contributed by atoms with Crippen molar-refractivity contribution in [1.82, 2.24) is 4.90 Å². The lowest BCUT2D eigenvalue weighted by Crippen LogP contribution is -2.45. The van der Waals surface area contributed by atoms with Crippen LogP contribution in [0.3, 0.4) is 0 Å². The molecule has 1 saturated carbocycles. The van der Waals surface area contributed by atoms with Crippen LogP contribution in [0.15, 0.2) is 24.3 Å². The lowest BCUT2D eigenvalue weighted by molar-refractivity contribution is -0.150. The van der Waals surface area contributed by atoms with Crippen molar-refractivity contribution in [2.24, 2.45) is 5.92 Å². The van der Waals surface area contributed by atoms with Crippen molar-refractivity contribution in [3.8, 4) is 0 Å². The number of rotatable bonds is 6. The molecule has 0 aromatic heterocycles. The van der Waals surface area contributed by atoms with Crippen molar-refractivity contribution in [3.05, 3.63) is 29.8 Å². The van der Waals surface area contributed by atoms with Gasteiger partial charge in [0.15, 0.2) is 0 Å². The summed E-state index contributed by atoms with van der Waals surface area (Å²) in [7, 11) is 0. The topological polar surface area (TPSA) is 86.7 Å². The van der Waals surface area contributed by atoms with Gasteiger partial charge in [0.25, 0.3) is 0 Å². The normalized spacial score (nSPS) is 20.7. The van der Waals surface area contributed by atoms with E-state index >= 15 is 0 Å². The standard InChI is InChI=1S/C18H22N2O4/c1-11(18(23)24)20(14-7-8-14)16(21)9-6-13-10-12-4-2-3-5-15(12)19-17(13)22/h2-5,11,13-14H,6-10H2,1H3,(H,19,22)(H,23,24). The Balaban J connectivity index is 1.61. The summed E-state index contributed by atoms with van der Waals surface area (Å²) in [5.41, 5.74) is 1.91. The highest BCUT2D eigenvalue weighted by atomic mass is 16.4. The van der Waals surface area contributed by atoms with E-state index in [9.17, 15) is 19.5 Å². The van der Waals surface area contributed by atoms with Crippen molar-refractivity contribution in [1.29, 1.82) is 0 Å². The zero-order valence-corrected chi connectivity index (χ0v) is 13.7. The Bertz CT molecular complexity index is 669. The number of anilines is 1. The number of hydrogen-bond acceptors (Lipinski definition) is 3. The summed E-state index contributed by atoms with van der Waals surface area (Å²) in [6, 6.07) is 6.89. The first-order valence-electron chi connectivity index (χ1n) is 8.40. The molecule has 6 nitrogen and oxygen atoms in total. The van der Waals surface area contributed by atoms with E-state index in [0.29, 0.717) is 12.8 Å². The van der Waals surface area contributed by atoms with Gasteiger partial charge in [-0.1, -0.05) is 18.2 Å². The third-order valence-corrected chi connectivity index (χ3v) is 4.82. The SMILES string of the molecule is CC(C(=O)O)N(C(=O)CCC1Cc2ccccc2NC1=O)C1CC1. The minimum Gasteiger partial charge on any atom is -0.480 e. The lowest BCUT2D eigenvalue weighted by Gasteiger charge is -2.28. The van der Waals surface area contributed by atoms with E-state index in [0.717, 1.165) is 24.1 Å². The maximum absolute atomic E-state index is 12.5. The van der Waals surface area contributed by atoms with Gasteiger partial charge in [0.2, 0.25) is 11.8 Å². The molecule has 6 heteroatoms. The van der Waals surface area contributed by atoms with Crippen molar-refractivity contribution in [2.45, 2.75) is 51.1 Å². The molecule has 1 aliphatic heterocycles. The lowest BCUT2D eigenvalue weighted by atomic mass is 9.89. The number of carbonyl (C=O) groups is 3. The van der Waals surface area contributed by atoms with Gasteiger partial charge < -0.3 is 15.3 Å². The summed E-state index contributed by atoms with van der Waals surface area (Å²) in [5, 5.41) is 12.1. The van der Waals surface area contributed by atoms with Crippen molar-refractivity contribution < 1.29 is 19.5 Å². The molecule has 0 saturated heterocycles. The summed E-state index contributed by atoms with van der Waals surface area (Å²) < 4.78 is 0. The van der Waals surface area contributed by atoms with Gasteiger partial charge in [0.1, 0.15) is 6.04 Å². The number of carbonyl (C=O) groups excluding carboxylic acids is 2. The summed E-state index contributed by atoms with van der Waals surface area (Å²) in [6.45, 7) is 1.54. The molecule has 1 aliphatic carbocycles.